The Morgan fingerprint density at radius 2 is 1.16 bits per heavy atom. The smallest absolute Gasteiger partial charge is 0.347 e. The molecule has 0 amide bonds. The van der Waals surface area contributed by atoms with Crippen molar-refractivity contribution in [1.82, 2.24) is 0 Å². The topological polar surface area (TPSA) is 72.8 Å². The maximum absolute atomic E-state index is 12.2. The number of phenolic OH excluding ortho intramolecular Hbond substituents is 1. The van der Waals surface area contributed by atoms with Crippen LogP contribution in [0.4, 0.5) is 0 Å². The number of hydrogen-bond acceptors (Lipinski definition) is 5. The molecule has 3 aromatic rings. The number of esters is 2. The lowest BCUT2D eigenvalue weighted by atomic mass is 10.2. The van der Waals surface area contributed by atoms with Gasteiger partial charge in [0.15, 0.2) is 11.5 Å². The van der Waals surface area contributed by atoms with Crippen LogP contribution in [0.5, 0.6) is 17.2 Å². The third-order valence-electron chi connectivity index (χ3n) is 3.39. The average Bonchev–Trinajstić information content (AvgIpc) is 2.64. The molecule has 5 nitrogen and oxygen atoms in total. The van der Waals surface area contributed by atoms with Crippen LogP contribution >= 0.6 is 0 Å². The second-order valence-corrected chi connectivity index (χ2v) is 5.11. The van der Waals surface area contributed by atoms with Crippen LogP contribution in [0, 0.1) is 0 Å². The molecular formula is C20H14O5. The molecule has 0 heterocycles. The summed E-state index contributed by atoms with van der Waals surface area (Å²) in [6.07, 6.45) is 0. The van der Waals surface area contributed by atoms with E-state index in [2.05, 4.69) is 0 Å². The largest absolute Gasteiger partial charge is 0.507 e. The maximum atomic E-state index is 12.2. The summed E-state index contributed by atoms with van der Waals surface area (Å²) in [6.45, 7) is 0. The van der Waals surface area contributed by atoms with Gasteiger partial charge in [-0.3, -0.25) is 0 Å². The van der Waals surface area contributed by atoms with Gasteiger partial charge in [-0.15, -0.1) is 0 Å². The second kappa shape index (κ2) is 7.31. The van der Waals surface area contributed by atoms with Crippen LogP contribution in [0.2, 0.25) is 0 Å². The first-order chi connectivity index (χ1) is 12.1. The fraction of sp³-hybridized carbons (Fsp3) is 0. The minimum absolute atomic E-state index is 0.0201. The molecule has 25 heavy (non-hydrogen) atoms. The van der Waals surface area contributed by atoms with Gasteiger partial charge in [-0.1, -0.05) is 42.5 Å². The van der Waals surface area contributed by atoms with Crippen molar-refractivity contribution in [1.29, 1.82) is 0 Å². The first kappa shape index (κ1) is 16.3. The Hall–Kier alpha value is -3.60. The van der Waals surface area contributed by atoms with Crippen molar-refractivity contribution in [2.45, 2.75) is 0 Å². The molecule has 0 aliphatic carbocycles. The number of ether oxygens (including phenoxy) is 2. The highest BCUT2D eigenvalue weighted by Crippen LogP contribution is 2.29. The van der Waals surface area contributed by atoms with Crippen LogP contribution in [-0.2, 0) is 0 Å². The number of hydrogen-bond donors (Lipinski definition) is 1. The highest BCUT2D eigenvalue weighted by molar-refractivity contribution is 5.94. The maximum Gasteiger partial charge on any atom is 0.347 e. The van der Waals surface area contributed by atoms with Crippen molar-refractivity contribution in [3.63, 3.8) is 0 Å². The van der Waals surface area contributed by atoms with Crippen molar-refractivity contribution < 1.29 is 24.2 Å². The van der Waals surface area contributed by atoms with Crippen LogP contribution in [0.1, 0.15) is 20.7 Å². The highest BCUT2D eigenvalue weighted by Gasteiger charge is 2.17. The Labute approximate surface area is 144 Å². The number of phenols is 1. The van der Waals surface area contributed by atoms with Gasteiger partial charge in [-0.25, -0.2) is 9.59 Å². The van der Waals surface area contributed by atoms with E-state index in [1.54, 1.807) is 54.6 Å². The zero-order chi connectivity index (χ0) is 17.6. The number of benzene rings is 3. The quantitative estimate of drug-likeness (QED) is 0.580. The molecule has 0 aliphatic rings. The lowest BCUT2D eigenvalue weighted by molar-refractivity contribution is 0.0680. The highest BCUT2D eigenvalue weighted by atomic mass is 16.6. The van der Waals surface area contributed by atoms with Gasteiger partial charge >= 0.3 is 11.9 Å². The van der Waals surface area contributed by atoms with E-state index >= 15 is 0 Å². The Morgan fingerprint density at radius 1 is 0.640 bits per heavy atom. The molecule has 3 aromatic carbocycles. The fourth-order valence-corrected chi connectivity index (χ4v) is 2.15. The Balaban J connectivity index is 1.81. The summed E-state index contributed by atoms with van der Waals surface area (Å²) in [6, 6.07) is 20.9. The standard InChI is InChI=1S/C20H14O5/c21-16-11-5-4-10-15(16)20(23)25-18-13-7-6-12-17(18)24-19(22)14-8-2-1-3-9-14/h1-13,21H. The lowest BCUT2D eigenvalue weighted by Crippen LogP contribution is -2.12. The van der Waals surface area contributed by atoms with Crippen LogP contribution in [0.25, 0.3) is 0 Å². The number of carbonyl (C=O) groups excluding carboxylic acids is 2. The Morgan fingerprint density at radius 3 is 1.80 bits per heavy atom. The van der Waals surface area contributed by atoms with Gasteiger partial charge in [0.1, 0.15) is 11.3 Å². The molecule has 0 unspecified atom stereocenters. The Bertz CT molecular complexity index is 903. The van der Waals surface area contributed by atoms with E-state index in [0.29, 0.717) is 5.56 Å². The first-order valence-electron chi connectivity index (χ1n) is 7.51. The average molecular weight is 334 g/mol. The van der Waals surface area contributed by atoms with E-state index < -0.39 is 11.9 Å². The van der Waals surface area contributed by atoms with E-state index in [4.69, 9.17) is 9.47 Å². The predicted octanol–water partition coefficient (Wildman–Crippen LogP) is 3.83. The van der Waals surface area contributed by atoms with Crippen molar-refractivity contribution in [2.24, 2.45) is 0 Å². The van der Waals surface area contributed by atoms with Crippen molar-refractivity contribution in [2.75, 3.05) is 0 Å². The van der Waals surface area contributed by atoms with Gasteiger partial charge in [0.05, 0.1) is 5.56 Å². The fourth-order valence-electron chi connectivity index (χ4n) is 2.15. The van der Waals surface area contributed by atoms with Gasteiger partial charge in [0, 0.05) is 0 Å². The molecule has 3 rings (SSSR count). The molecule has 0 bridgehead atoms. The zero-order valence-electron chi connectivity index (χ0n) is 13.1. The summed E-state index contributed by atoms with van der Waals surface area (Å²) in [5, 5.41) is 9.74. The number of para-hydroxylation sites is 3. The summed E-state index contributed by atoms with van der Waals surface area (Å²) in [5.74, 6) is -1.31. The molecule has 0 fully saturated rings. The molecule has 0 aliphatic heterocycles. The molecule has 0 radical (unpaired) electrons. The minimum Gasteiger partial charge on any atom is -0.507 e. The van der Waals surface area contributed by atoms with Crippen LogP contribution in [0.3, 0.4) is 0 Å². The summed E-state index contributed by atoms with van der Waals surface area (Å²) in [7, 11) is 0. The van der Waals surface area contributed by atoms with Crippen molar-refractivity contribution >= 4 is 11.9 Å². The third-order valence-corrected chi connectivity index (χ3v) is 3.39. The summed E-state index contributed by atoms with van der Waals surface area (Å²) in [5.41, 5.74) is 0.399. The van der Waals surface area contributed by atoms with Crippen LogP contribution < -0.4 is 9.47 Å². The van der Waals surface area contributed by atoms with E-state index in [1.807, 2.05) is 0 Å². The predicted molar refractivity (Wildman–Crippen MR) is 90.9 cm³/mol. The minimum atomic E-state index is -0.749. The lowest BCUT2D eigenvalue weighted by Gasteiger charge is -2.11. The second-order valence-electron chi connectivity index (χ2n) is 5.11. The SMILES string of the molecule is O=C(Oc1ccccc1OC(=O)c1ccccc1O)c1ccccc1. The number of carbonyl (C=O) groups is 2. The van der Waals surface area contributed by atoms with Gasteiger partial charge < -0.3 is 14.6 Å². The van der Waals surface area contributed by atoms with E-state index in [9.17, 15) is 14.7 Å². The molecule has 0 saturated carbocycles. The molecule has 0 atom stereocenters. The molecular weight excluding hydrogens is 320 g/mol. The number of aromatic hydroxyl groups is 1. The summed E-state index contributed by atoms with van der Waals surface area (Å²) < 4.78 is 10.6. The van der Waals surface area contributed by atoms with Crippen molar-refractivity contribution in [3.8, 4) is 17.2 Å². The molecule has 124 valence electrons. The van der Waals surface area contributed by atoms with Crippen LogP contribution in [0.15, 0.2) is 78.9 Å². The van der Waals surface area contributed by atoms with Gasteiger partial charge in [-0.2, -0.15) is 0 Å². The Kier molecular flexibility index (Phi) is 4.76. The van der Waals surface area contributed by atoms with E-state index in [0.717, 1.165) is 0 Å². The first-order valence-corrected chi connectivity index (χ1v) is 7.51. The monoisotopic (exact) mass is 334 g/mol. The van der Waals surface area contributed by atoms with E-state index in [-0.39, 0.29) is 22.8 Å². The molecule has 5 heteroatoms. The normalized spacial score (nSPS) is 10.1. The zero-order valence-corrected chi connectivity index (χ0v) is 13.1. The molecule has 0 aromatic heterocycles. The van der Waals surface area contributed by atoms with Crippen LogP contribution in [-0.4, -0.2) is 17.0 Å². The van der Waals surface area contributed by atoms with Gasteiger partial charge in [-0.05, 0) is 36.4 Å². The summed E-state index contributed by atoms with van der Waals surface area (Å²) in [4.78, 5) is 24.4. The molecule has 1 N–H and O–H groups in total. The van der Waals surface area contributed by atoms with Gasteiger partial charge in [0.2, 0.25) is 0 Å². The third kappa shape index (κ3) is 3.84. The molecule has 0 spiro atoms. The number of rotatable bonds is 4. The van der Waals surface area contributed by atoms with Crippen molar-refractivity contribution in [3.05, 3.63) is 90.0 Å². The molecule has 0 saturated heterocycles. The van der Waals surface area contributed by atoms with Gasteiger partial charge in [0.25, 0.3) is 0 Å². The summed E-state index contributed by atoms with van der Waals surface area (Å²) >= 11 is 0. The van der Waals surface area contributed by atoms with E-state index in [1.165, 1.54) is 24.3 Å².